The van der Waals surface area contributed by atoms with E-state index in [2.05, 4.69) is 10.6 Å². The van der Waals surface area contributed by atoms with Gasteiger partial charge in [-0.05, 0) is 18.2 Å². The number of ether oxygens (including phenoxy) is 3. The highest BCUT2D eigenvalue weighted by atomic mass is 35.5. The Morgan fingerprint density at radius 2 is 1.63 bits per heavy atom. The summed E-state index contributed by atoms with van der Waals surface area (Å²) < 4.78 is 17.2. The van der Waals surface area contributed by atoms with Crippen molar-refractivity contribution in [3.8, 4) is 11.5 Å². The third-order valence-corrected chi connectivity index (χ3v) is 5.41. The molecule has 0 radical (unpaired) electrons. The average Bonchev–Trinajstić information content (AvgIpc) is 2.84. The SMILES string of the molecule is COCCNC(=O)Cn1c(=O)c2ccccc2n(CC(=O)Nc2cc(Cl)c(OC)cc2OC)c1=O. The summed E-state index contributed by atoms with van der Waals surface area (Å²) in [5, 5.41) is 5.66. The van der Waals surface area contributed by atoms with Crippen LogP contribution in [-0.4, -0.2) is 55.4 Å². The molecule has 2 amide bonds. The second-order valence-electron chi connectivity index (χ2n) is 7.36. The summed E-state index contributed by atoms with van der Waals surface area (Å²) in [4.78, 5) is 51.3. The molecule has 186 valence electrons. The molecule has 1 aromatic heterocycles. The molecule has 3 rings (SSSR count). The predicted molar refractivity (Wildman–Crippen MR) is 131 cm³/mol. The maximum absolute atomic E-state index is 13.2. The van der Waals surface area contributed by atoms with Crippen LogP contribution in [0.15, 0.2) is 46.0 Å². The van der Waals surface area contributed by atoms with Gasteiger partial charge >= 0.3 is 5.69 Å². The molecule has 0 saturated heterocycles. The third-order valence-electron chi connectivity index (χ3n) is 5.11. The number of halogens is 1. The first-order valence-corrected chi connectivity index (χ1v) is 10.9. The van der Waals surface area contributed by atoms with Crippen molar-refractivity contribution in [2.45, 2.75) is 13.1 Å². The Bertz CT molecular complexity index is 1370. The van der Waals surface area contributed by atoms with Gasteiger partial charge < -0.3 is 24.8 Å². The van der Waals surface area contributed by atoms with Gasteiger partial charge in [-0.2, -0.15) is 0 Å². The minimum Gasteiger partial charge on any atom is -0.495 e. The molecule has 35 heavy (non-hydrogen) atoms. The number of methoxy groups -OCH3 is 3. The van der Waals surface area contributed by atoms with Crippen molar-refractivity contribution in [1.82, 2.24) is 14.5 Å². The van der Waals surface area contributed by atoms with Crippen molar-refractivity contribution in [1.29, 1.82) is 0 Å². The smallest absolute Gasteiger partial charge is 0.332 e. The predicted octanol–water partition coefficient (Wildman–Crippen LogP) is 1.24. The second kappa shape index (κ2) is 11.5. The van der Waals surface area contributed by atoms with E-state index in [0.29, 0.717) is 11.5 Å². The normalized spacial score (nSPS) is 10.7. The molecule has 0 fully saturated rings. The van der Waals surface area contributed by atoms with E-state index in [1.54, 1.807) is 18.2 Å². The van der Waals surface area contributed by atoms with E-state index in [0.717, 1.165) is 9.13 Å². The lowest BCUT2D eigenvalue weighted by molar-refractivity contribution is -0.122. The molecule has 12 heteroatoms. The van der Waals surface area contributed by atoms with Gasteiger partial charge in [0.15, 0.2) is 0 Å². The third kappa shape index (κ3) is 5.81. The van der Waals surface area contributed by atoms with Gasteiger partial charge in [-0.25, -0.2) is 4.79 Å². The molecular weight excluding hydrogens is 480 g/mol. The molecule has 0 saturated carbocycles. The number of nitrogens with one attached hydrogen (secondary N) is 2. The van der Waals surface area contributed by atoms with Crippen LogP contribution in [-0.2, 0) is 27.4 Å². The number of para-hydroxylation sites is 1. The van der Waals surface area contributed by atoms with Gasteiger partial charge in [0.25, 0.3) is 5.56 Å². The number of nitrogens with zero attached hydrogens (tertiary/aromatic N) is 2. The van der Waals surface area contributed by atoms with E-state index in [1.807, 2.05) is 0 Å². The zero-order chi connectivity index (χ0) is 25.5. The van der Waals surface area contributed by atoms with Gasteiger partial charge in [-0.3, -0.25) is 23.5 Å². The van der Waals surface area contributed by atoms with Crippen LogP contribution in [0.25, 0.3) is 10.9 Å². The molecule has 0 aliphatic rings. The Morgan fingerprint density at radius 1 is 0.943 bits per heavy atom. The highest BCUT2D eigenvalue weighted by molar-refractivity contribution is 6.32. The van der Waals surface area contributed by atoms with E-state index in [-0.39, 0.29) is 34.8 Å². The maximum Gasteiger partial charge on any atom is 0.332 e. The molecule has 2 aromatic carbocycles. The average molecular weight is 505 g/mol. The first-order chi connectivity index (χ1) is 16.8. The summed E-state index contributed by atoms with van der Waals surface area (Å²) in [5.74, 6) is -0.453. The minimum absolute atomic E-state index is 0.190. The number of anilines is 1. The topological polar surface area (TPSA) is 130 Å². The highest BCUT2D eigenvalue weighted by Crippen LogP contribution is 2.35. The molecule has 11 nitrogen and oxygen atoms in total. The summed E-state index contributed by atoms with van der Waals surface area (Å²) in [7, 11) is 4.35. The monoisotopic (exact) mass is 504 g/mol. The fourth-order valence-corrected chi connectivity index (χ4v) is 3.69. The number of hydrogen-bond acceptors (Lipinski definition) is 7. The van der Waals surface area contributed by atoms with E-state index < -0.39 is 36.2 Å². The van der Waals surface area contributed by atoms with Crippen LogP contribution in [0.4, 0.5) is 5.69 Å². The first kappa shape index (κ1) is 25.8. The van der Waals surface area contributed by atoms with Gasteiger partial charge in [-0.15, -0.1) is 0 Å². The molecule has 0 aliphatic heterocycles. The maximum atomic E-state index is 13.2. The Balaban J connectivity index is 1.96. The van der Waals surface area contributed by atoms with Crippen molar-refractivity contribution < 1.29 is 23.8 Å². The van der Waals surface area contributed by atoms with Gasteiger partial charge in [0.1, 0.15) is 24.6 Å². The molecular formula is C23H25ClN4O7. The van der Waals surface area contributed by atoms with E-state index in [4.69, 9.17) is 25.8 Å². The van der Waals surface area contributed by atoms with Crippen LogP contribution in [0.1, 0.15) is 0 Å². The molecule has 0 unspecified atom stereocenters. The van der Waals surface area contributed by atoms with E-state index in [9.17, 15) is 19.2 Å². The number of aromatic nitrogens is 2. The molecule has 1 heterocycles. The van der Waals surface area contributed by atoms with Crippen molar-refractivity contribution >= 4 is 40.0 Å². The van der Waals surface area contributed by atoms with Crippen molar-refractivity contribution in [3.63, 3.8) is 0 Å². The minimum atomic E-state index is -0.800. The van der Waals surface area contributed by atoms with Crippen LogP contribution in [0.2, 0.25) is 5.02 Å². The van der Waals surface area contributed by atoms with E-state index >= 15 is 0 Å². The van der Waals surface area contributed by atoms with Gasteiger partial charge in [0.2, 0.25) is 11.8 Å². The van der Waals surface area contributed by atoms with Crippen LogP contribution in [0, 0.1) is 0 Å². The van der Waals surface area contributed by atoms with Crippen molar-refractivity contribution in [2.24, 2.45) is 0 Å². The Kier molecular flexibility index (Phi) is 8.50. The quantitative estimate of drug-likeness (QED) is 0.397. The number of fused-ring (bicyclic) bond motifs is 1. The van der Waals surface area contributed by atoms with Crippen molar-refractivity contribution in [3.05, 3.63) is 62.3 Å². The highest BCUT2D eigenvalue weighted by Gasteiger charge is 2.18. The molecule has 0 atom stereocenters. The molecule has 0 bridgehead atoms. The summed E-state index contributed by atoms with van der Waals surface area (Å²) in [6.45, 7) is -0.435. The largest absolute Gasteiger partial charge is 0.495 e. The first-order valence-electron chi connectivity index (χ1n) is 10.5. The number of hydrogen-bond donors (Lipinski definition) is 2. The van der Waals surface area contributed by atoms with Crippen LogP contribution >= 0.6 is 11.6 Å². The van der Waals surface area contributed by atoms with Crippen LogP contribution < -0.4 is 31.4 Å². The lowest BCUT2D eigenvalue weighted by Crippen LogP contribution is -2.45. The van der Waals surface area contributed by atoms with Crippen LogP contribution in [0.5, 0.6) is 11.5 Å². The lowest BCUT2D eigenvalue weighted by Gasteiger charge is -2.16. The fraction of sp³-hybridized carbons (Fsp3) is 0.304. The zero-order valence-electron chi connectivity index (χ0n) is 19.4. The van der Waals surface area contributed by atoms with Gasteiger partial charge in [0, 0.05) is 19.7 Å². The summed E-state index contributed by atoms with van der Waals surface area (Å²) in [6.07, 6.45) is 0. The number of carbonyl (C=O) groups excluding carboxylic acids is 2. The summed E-state index contributed by atoms with van der Waals surface area (Å²) in [5.41, 5.74) is -0.904. The zero-order valence-corrected chi connectivity index (χ0v) is 20.2. The Hall–Kier alpha value is -3.83. The molecule has 0 aliphatic carbocycles. The van der Waals surface area contributed by atoms with Gasteiger partial charge in [0.05, 0.1) is 42.4 Å². The molecule has 2 N–H and O–H groups in total. The number of amides is 2. The number of benzene rings is 2. The fourth-order valence-electron chi connectivity index (χ4n) is 3.45. The number of rotatable bonds is 10. The standard InChI is InChI=1S/C23H25ClN4O7/c1-33-9-8-25-20(29)12-28-22(31)14-6-4-5-7-17(14)27(23(28)32)13-21(30)26-16-10-15(24)18(34-2)11-19(16)35-3/h4-7,10-11H,8-9,12-13H2,1-3H3,(H,25,29)(H,26,30). The van der Waals surface area contributed by atoms with Crippen LogP contribution in [0.3, 0.4) is 0 Å². The van der Waals surface area contributed by atoms with E-state index in [1.165, 1.54) is 39.5 Å². The molecule has 3 aromatic rings. The summed E-state index contributed by atoms with van der Waals surface area (Å²) >= 11 is 6.17. The number of carbonyl (C=O) groups is 2. The summed E-state index contributed by atoms with van der Waals surface area (Å²) in [6, 6.07) is 9.33. The molecule has 0 spiro atoms. The Labute approximate surface area is 205 Å². The Morgan fingerprint density at radius 3 is 2.31 bits per heavy atom. The van der Waals surface area contributed by atoms with Crippen molar-refractivity contribution in [2.75, 3.05) is 39.8 Å². The van der Waals surface area contributed by atoms with Gasteiger partial charge in [-0.1, -0.05) is 23.7 Å². The second-order valence-corrected chi connectivity index (χ2v) is 7.76. The lowest BCUT2D eigenvalue weighted by atomic mass is 10.2.